The molecular formula is C14H17N3O. The van der Waals surface area contributed by atoms with E-state index in [1.807, 2.05) is 25.1 Å². The van der Waals surface area contributed by atoms with Crippen molar-refractivity contribution in [2.75, 3.05) is 0 Å². The van der Waals surface area contributed by atoms with Gasteiger partial charge in [0.15, 0.2) is 0 Å². The molecule has 0 atom stereocenters. The van der Waals surface area contributed by atoms with Crippen molar-refractivity contribution >= 4 is 0 Å². The first-order chi connectivity index (χ1) is 8.60. The van der Waals surface area contributed by atoms with Gasteiger partial charge in [0.25, 0.3) is 0 Å². The monoisotopic (exact) mass is 243 g/mol. The molecule has 0 fully saturated rings. The molecule has 4 nitrogen and oxygen atoms in total. The molecule has 1 aromatic heterocycles. The number of nitrogens with zero attached hydrogens (tertiary/aromatic N) is 2. The Morgan fingerprint density at radius 3 is 2.61 bits per heavy atom. The van der Waals surface area contributed by atoms with Crippen molar-refractivity contribution in [2.24, 2.45) is 5.73 Å². The number of hydrogen-bond acceptors (Lipinski definition) is 4. The lowest BCUT2D eigenvalue weighted by Gasteiger charge is -2.10. The molecule has 2 aromatic rings. The lowest BCUT2D eigenvalue weighted by Crippen LogP contribution is -2.03. The van der Waals surface area contributed by atoms with E-state index in [0.717, 1.165) is 11.3 Å². The molecule has 0 bridgehead atoms. The standard InChI is InChI=1S/C14H17N3O/c1-9-4-5-13(6-10(9)2)18-14-12(7-15)8-16-11(3)17-14/h4-6,8H,7,15H2,1-3H3. The molecule has 1 aromatic carbocycles. The van der Waals surface area contributed by atoms with E-state index in [-0.39, 0.29) is 0 Å². The minimum atomic E-state index is 0.362. The summed E-state index contributed by atoms with van der Waals surface area (Å²) >= 11 is 0. The van der Waals surface area contributed by atoms with E-state index in [1.54, 1.807) is 6.20 Å². The summed E-state index contributed by atoms with van der Waals surface area (Å²) < 4.78 is 5.79. The summed E-state index contributed by atoms with van der Waals surface area (Å²) in [7, 11) is 0. The second-order valence-corrected chi connectivity index (χ2v) is 4.30. The predicted octanol–water partition coefficient (Wildman–Crippen LogP) is 2.65. The van der Waals surface area contributed by atoms with Crippen LogP contribution in [0.1, 0.15) is 22.5 Å². The van der Waals surface area contributed by atoms with Gasteiger partial charge in [0.2, 0.25) is 5.88 Å². The number of benzene rings is 1. The zero-order chi connectivity index (χ0) is 13.1. The smallest absolute Gasteiger partial charge is 0.227 e. The number of hydrogen-bond donors (Lipinski definition) is 1. The number of nitrogens with two attached hydrogens (primary N) is 1. The first-order valence-corrected chi connectivity index (χ1v) is 5.88. The maximum absolute atomic E-state index is 5.79. The maximum atomic E-state index is 5.79. The van der Waals surface area contributed by atoms with Crippen molar-refractivity contribution in [1.82, 2.24) is 9.97 Å². The number of rotatable bonds is 3. The molecule has 0 radical (unpaired) electrons. The Hall–Kier alpha value is -1.94. The van der Waals surface area contributed by atoms with Gasteiger partial charge in [0, 0.05) is 18.3 Å². The third-order valence-corrected chi connectivity index (χ3v) is 2.86. The lowest BCUT2D eigenvalue weighted by atomic mass is 10.1. The van der Waals surface area contributed by atoms with Gasteiger partial charge < -0.3 is 10.5 Å². The minimum absolute atomic E-state index is 0.362. The van der Waals surface area contributed by atoms with Crippen LogP contribution in [-0.2, 0) is 6.54 Å². The molecule has 0 saturated heterocycles. The topological polar surface area (TPSA) is 61.0 Å². The quantitative estimate of drug-likeness (QED) is 0.900. The molecule has 0 aliphatic rings. The van der Waals surface area contributed by atoms with E-state index < -0.39 is 0 Å². The van der Waals surface area contributed by atoms with Crippen molar-refractivity contribution in [2.45, 2.75) is 27.3 Å². The summed E-state index contributed by atoms with van der Waals surface area (Å²) in [6, 6.07) is 5.95. The molecule has 0 saturated carbocycles. The number of ether oxygens (including phenoxy) is 1. The van der Waals surface area contributed by atoms with Crippen molar-refractivity contribution in [3.63, 3.8) is 0 Å². The Labute approximate surface area is 107 Å². The predicted molar refractivity (Wildman–Crippen MR) is 70.7 cm³/mol. The minimum Gasteiger partial charge on any atom is -0.439 e. The van der Waals surface area contributed by atoms with E-state index in [2.05, 4.69) is 23.8 Å². The molecule has 94 valence electrons. The van der Waals surface area contributed by atoms with Crippen LogP contribution in [0, 0.1) is 20.8 Å². The van der Waals surface area contributed by atoms with Crippen LogP contribution in [0.3, 0.4) is 0 Å². The fourth-order valence-corrected chi connectivity index (χ4v) is 1.59. The normalized spacial score (nSPS) is 10.4. The van der Waals surface area contributed by atoms with Crippen molar-refractivity contribution < 1.29 is 4.74 Å². The summed E-state index contributed by atoms with van der Waals surface area (Å²) in [6.45, 7) is 6.31. The molecule has 1 heterocycles. The van der Waals surface area contributed by atoms with Crippen LogP contribution in [0.15, 0.2) is 24.4 Å². The molecule has 2 N–H and O–H groups in total. The van der Waals surface area contributed by atoms with Crippen LogP contribution >= 0.6 is 0 Å². The summed E-state index contributed by atoms with van der Waals surface area (Å²) in [5, 5.41) is 0. The second kappa shape index (κ2) is 5.14. The first-order valence-electron chi connectivity index (χ1n) is 5.88. The molecule has 0 aliphatic carbocycles. The summed E-state index contributed by atoms with van der Waals surface area (Å²) in [5.41, 5.74) is 8.88. The summed E-state index contributed by atoms with van der Waals surface area (Å²) in [5.74, 6) is 1.98. The Kier molecular flexibility index (Phi) is 3.58. The highest BCUT2D eigenvalue weighted by molar-refractivity contribution is 5.37. The number of aryl methyl sites for hydroxylation is 3. The number of aromatic nitrogens is 2. The van der Waals surface area contributed by atoms with Crippen molar-refractivity contribution in [3.8, 4) is 11.6 Å². The van der Waals surface area contributed by atoms with Gasteiger partial charge in [-0.1, -0.05) is 6.07 Å². The van der Waals surface area contributed by atoms with Crippen LogP contribution in [0.5, 0.6) is 11.6 Å². The molecule has 0 spiro atoms. The van der Waals surface area contributed by atoms with Gasteiger partial charge in [-0.05, 0) is 44.0 Å². The van der Waals surface area contributed by atoms with Crippen molar-refractivity contribution in [1.29, 1.82) is 0 Å². The van der Waals surface area contributed by atoms with Crippen LogP contribution in [0.2, 0.25) is 0 Å². The third kappa shape index (κ3) is 2.65. The van der Waals surface area contributed by atoms with Gasteiger partial charge in [-0.3, -0.25) is 0 Å². The molecule has 18 heavy (non-hydrogen) atoms. The molecule has 0 amide bonds. The molecule has 2 rings (SSSR count). The second-order valence-electron chi connectivity index (χ2n) is 4.30. The van der Waals surface area contributed by atoms with E-state index in [0.29, 0.717) is 18.2 Å². The molecule has 0 unspecified atom stereocenters. The Morgan fingerprint density at radius 2 is 1.94 bits per heavy atom. The fourth-order valence-electron chi connectivity index (χ4n) is 1.59. The van der Waals surface area contributed by atoms with Crippen LogP contribution in [-0.4, -0.2) is 9.97 Å². The Morgan fingerprint density at radius 1 is 1.17 bits per heavy atom. The van der Waals surface area contributed by atoms with Gasteiger partial charge in [0.1, 0.15) is 11.6 Å². The van der Waals surface area contributed by atoms with Crippen LogP contribution in [0.25, 0.3) is 0 Å². The van der Waals surface area contributed by atoms with Gasteiger partial charge in [-0.25, -0.2) is 4.98 Å². The average Bonchev–Trinajstić information content (AvgIpc) is 2.34. The molecule has 4 heteroatoms. The average molecular weight is 243 g/mol. The Balaban J connectivity index is 2.33. The SMILES string of the molecule is Cc1ncc(CN)c(Oc2ccc(C)c(C)c2)n1. The van der Waals surface area contributed by atoms with E-state index >= 15 is 0 Å². The lowest BCUT2D eigenvalue weighted by molar-refractivity contribution is 0.452. The summed E-state index contributed by atoms with van der Waals surface area (Å²) in [6.07, 6.45) is 1.71. The van der Waals surface area contributed by atoms with Gasteiger partial charge in [-0.15, -0.1) is 0 Å². The third-order valence-electron chi connectivity index (χ3n) is 2.86. The van der Waals surface area contributed by atoms with E-state index in [1.165, 1.54) is 11.1 Å². The van der Waals surface area contributed by atoms with Crippen molar-refractivity contribution in [3.05, 3.63) is 46.9 Å². The largest absolute Gasteiger partial charge is 0.439 e. The van der Waals surface area contributed by atoms with Gasteiger partial charge in [-0.2, -0.15) is 4.98 Å². The highest BCUT2D eigenvalue weighted by Crippen LogP contribution is 2.24. The first kappa shape index (κ1) is 12.5. The maximum Gasteiger partial charge on any atom is 0.227 e. The van der Waals surface area contributed by atoms with E-state index in [4.69, 9.17) is 10.5 Å². The fraction of sp³-hybridized carbons (Fsp3) is 0.286. The zero-order valence-electron chi connectivity index (χ0n) is 10.9. The van der Waals surface area contributed by atoms with E-state index in [9.17, 15) is 0 Å². The van der Waals surface area contributed by atoms with Gasteiger partial charge in [0.05, 0.1) is 0 Å². The highest BCUT2D eigenvalue weighted by atomic mass is 16.5. The van der Waals surface area contributed by atoms with Crippen LogP contribution < -0.4 is 10.5 Å². The van der Waals surface area contributed by atoms with Gasteiger partial charge >= 0.3 is 0 Å². The zero-order valence-corrected chi connectivity index (χ0v) is 10.9. The summed E-state index contributed by atoms with van der Waals surface area (Å²) in [4.78, 5) is 8.39. The highest BCUT2D eigenvalue weighted by Gasteiger charge is 2.07. The molecule has 0 aliphatic heterocycles. The molecular weight excluding hydrogens is 226 g/mol. The van der Waals surface area contributed by atoms with Crippen LogP contribution in [0.4, 0.5) is 0 Å². The Bertz CT molecular complexity index is 567.